The largest absolute Gasteiger partial charge is 0.481 e. The molecule has 22 heteroatoms. The molecule has 0 radical (unpaired) electrons. The van der Waals surface area contributed by atoms with Crippen LogP contribution in [0.1, 0.15) is 114 Å². The molecule has 0 bridgehead atoms. The lowest BCUT2D eigenvalue weighted by atomic mass is 9.97. The molecule has 0 saturated heterocycles. The highest BCUT2D eigenvalue weighted by atomic mass is 16.4. The van der Waals surface area contributed by atoms with Gasteiger partial charge in [0.05, 0.1) is 25.1 Å². The average Bonchev–Trinajstić information content (AvgIpc) is 3.17. The third-order valence-corrected chi connectivity index (χ3v) is 9.95. The molecule has 0 saturated carbocycles. The zero-order chi connectivity index (χ0) is 48.6. The molecule has 0 fully saturated rings. The van der Waals surface area contributed by atoms with Crippen LogP contribution in [0.15, 0.2) is 0 Å². The van der Waals surface area contributed by atoms with Crippen molar-refractivity contribution in [3.63, 3.8) is 0 Å². The third kappa shape index (κ3) is 23.6. The molecular weight excluding hydrogens is 825 g/mol. The van der Waals surface area contributed by atoms with Crippen molar-refractivity contribution < 1.29 is 58.2 Å². The Balaban J connectivity index is 5.99. The zero-order valence-corrected chi connectivity index (χ0v) is 38.5. The van der Waals surface area contributed by atoms with Crippen LogP contribution in [-0.4, -0.2) is 137 Å². The molecule has 13 N–H and O–H groups in total. The van der Waals surface area contributed by atoms with Gasteiger partial charge in [0.2, 0.25) is 53.2 Å². The molecule has 0 aromatic heterocycles. The van der Waals surface area contributed by atoms with Crippen molar-refractivity contribution in [2.45, 2.75) is 163 Å². The van der Waals surface area contributed by atoms with Crippen LogP contribution >= 0.6 is 0 Å². The Hall–Kier alpha value is -5.38. The Morgan fingerprint density at radius 3 is 1.59 bits per heavy atom. The molecule has 0 aliphatic heterocycles. The Morgan fingerprint density at radius 1 is 0.556 bits per heavy atom. The fourth-order valence-electron chi connectivity index (χ4n) is 6.25. The summed E-state index contributed by atoms with van der Waals surface area (Å²) in [5.41, 5.74) is 5.66. The van der Waals surface area contributed by atoms with Crippen molar-refractivity contribution in [3.8, 4) is 0 Å². The summed E-state index contributed by atoms with van der Waals surface area (Å²) in [7, 11) is 0. The van der Waals surface area contributed by atoms with Crippen molar-refractivity contribution in [2.75, 3.05) is 19.7 Å². The van der Waals surface area contributed by atoms with E-state index in [1.165, 1.54) is 27.7 Å². The number of nitrogens with one attached hydrogen (secondary N) is 9. The summed E-state index contributed by atoms with van der Waals surface area (Å²) in [6, 6.07) is -8.26. The van der Waals surface area contributed by atoms with E-state index in [4.69, 9.17) is 10.8 Å². The number of rotatable bonds is 30. The lowest BCUT2D eigenvalue weighted by Gasteiger charge is -2.29. The third-order valence-electron chi connectivity index (χ3n) is 9.95. The van der Waals surface area contributed by atoms with Gasteiger partial charge in [-0.15, -0.1) is 0 Å². The molecule has 0 spiro atoms. The van der Waals surface area contributed by atoms with Crippen molar-refractivity contribution in [2.24, 2.45) is 23.5 Å². The minimum atomic E-state index is -1.22. The lowest BCUT2D eigenvalue weighted by Crippen LogP contribution is -2.60. The summed E-state index contributed by atoms with van der Waals surface area (Å²) < 4.78 is 0. The second kappa shape index (κ2) is 29.8. The molecule has 9 atom stereocenters. The number of aliphatic carboxylic acids is 1. The highest BCUT2D eigenvalue weighted by Crippen LogP contribution is 2.12. The number of carbonyl (C=O) groups is 10. The predicted octanol–water partition coefficient (Wildman–Crippen LogP) is -2.21. The number of hydrogen-bond acceptors (Lipinski definition) is 12. The average molecular weight is 899 g/mol. The predicted molar refractivity (Wildman–Crippen MR) is 232 cm³/mol. The Bertz CT molecular complexity index is 1560. The standard InChI is InChI=1S/C41H74N10O12/c1-11-23(6)36(47-27(10)54)41(63)49-30(14-12-13-15-42)38(60)51-35(22(4)5)40(62)45-25(8)37(59)50-34(21(2)3)39(61)43-19-28(17-31(55)44-24(7)16-33(57)58)48-32(56)18-29(20-52)46-26(9)53/h21-25,28-30,34-36,52H,11-20,42H2,1-10H3,(H,43,61)(H,44,55)(H,45,62)(H,46,53)(H,47,54)(H,48,56)(H,49,63)(H,50,59)(H,51,60)(H,57,58)/t23-,24-,25-,28+,29+,30-,34-,35-,36-/m0/s1. The second-order valence-corrected chi connectivity index (χ2v) is 16.7. The van der Waals surface area contributed by atoms with Gasteiger partial charge < -0.3 is 63.8 Å². The minimum absolute atomic E-state index is 0.195. The van der Waals surface area contributed by atoms with Gasteiger partial charge in [-0.25, -0.2) is 0 Å². The molecule has 0 heterocycles. The highest BCUT2D eigenvalue weighted by Gasteiger charge is 2.34. The van der Waals surface area contributed by atoms with Crippen LogP contribution in [0.2, 0.25) is 0 Å². The molecule has 0 rings (SSSR count). The van der Waals surface area contributed by atoms with Crippen LogP contribution in [0, 0.1) is 17.8 Å². The van der Waals surface area contributed by atoms with E-state index < -0.39 is 132 Å². The maximum atomic E-state index is 13.7. The van der Waals surface area contributed by atoms with Gasteiger partial charge in [-0.05, 0) is 57.4 Å². The van der Waals surface area contributed by atoms with Crippen LogP contribution in [0.3, 0.4) is 0 Å². The number of hydrogen-bond donors (Lipinski definition) is 12. The molecule has 360 valence electrons. The van der Waals surface area contributed by atoms with Crippen LogP contribution in [0.25, 0.3) is 0 Å². The van der Waals surface area contributed by atoms with Gasteiger partial charge in [0, 0.05) is 39.3 Å². The summed E-state index contributed by atoms with van der Waals surface area (Å²) in [6.45, 7) is 15.1. The number of unbranched alkanes of at least 4 members (excludes halogenated alkanes) is 1. The molecule has 9 amide bonds. The molecular formula is C41H74N10O12. The van der Waals surface area contributed by atoms with Gasteiger partial charge in [0.1, 0.15) is 30.2 Å². The van der Waals surface area contributed by atoms with E-state index in [1.807, 2.05) is 6.92 Å². The monoisotopic (exact) mass is 899 g/mol. The first kappa shape index (κ1) is 57.6. The molecule has 0 aromatic carbocycles. The number of amides is 9. The molecule has 0 aliphatic carbocycles. The topological polar surface area (TPSA) is 345 Å². The first-order valence-electron chi connectivity index (χ1n) is 21.5. The number of aliphatic hydroxyl groups is 1. The van der Waals surface area contributed by atoms with E-state index in [9.17, 15) is 53.1 Å². The number of aliphatic hydroxyl groups excluding tert-OH is 1. The maximum absolute atomic E-state index is 13.7. The van der Waals surface area contributed by atoms with E-state index in [-0.39, 0.29) is 31.7 Å². The Labute approximate surface area is 370 Å². The normalized spacial score (nSPS) is 15.4. The van der Waals surface area contributed by atoms with Gasteiger partial charge in [0.25, 0.3) is 0 Å². The highest BCUT2D eigenvalue weighted by molar-refractivity contribution is 5.96. The Kier molecular flexibility index (Phi) is 27.3. The Morgan fingerprint density at radius 2 is 1.08 bits per heavy atom. The van der Waals surface area contributed by atoms with E-state index in [0.717, 1.165) is 0 Å². The van der Waals surface area contributed by atoms with E-state index in [0.29, 0.717) is 25.8 Å². The van der Waals surface area contributed by atoms with Gasteiger partial charge >= 0.3 is 5.97 Å². The summed E-state index contributed by atoms with van der Waals surface area (Å²) in [4.78, 5) is 128. The van der Waals surface area contributed by atoms with Crippen LogP contribution < -0.4 is 53.6 Å². The molecule has 63 heavy (non-hydrogen) atoms. The zero-order valence-electron chi connectivity index (χ0n) is 38.5. The molecule has 0 aromatic rings. The van der Waals surface area contributed by atoms with E-state index >= 15 is 0 Å². The van der Waals surface area contributed by atoms with Crippen molar-refractivity contribution in [1.29, 1.82) is 0 Å². The van der Waals surface area contributed by atoms with E-state index in [2.05, 4.69) is 47.9 Å². The van der Waals surface area contributed by atoms with Crippen molar-refractivity contribution >= 4 is 59.1 Å². The molecule has 0 aliphatic rings. The SMILES string of the molecule is CC[C@H](C)[C@H](NC(C)=O)C(=O)N[C@@H](CCCCN)C(=O)N[C@H](C(=O)N[C@@H](C)C(=O)N[C@H](C(=O)NC[C@@H](CC(=O)N[C@@H](C)CC(=O)O)NC(=O)C[C@H](CO)NC(C)=O)C(C)C)C(C)C. The fourth-order valence-corrected chi connectivity index (χ4v) is 6.25. The summed E-state index contributed by atoms with van der Waals surface area (Å²) in [5, 5.41) is 42.0. The minimum Gasteiger partial charge on any atom is -0.481 e. The van der Waals surface area contributed by atoms with Crippen molar-refractivity contribution in [1.82, 2.24) is 47.9 Å². The first-order valence-corrected chi connectivity index (χ1v) is 21.5. The van der Waals surface area contributed by atoms with Crippen LogP contribution in [0.4, 0.5) is 0 Å². The van der Waals surface area contributed by atoms with E-state index in [1.54, 1.807) is 34.6 Å². The van der Waals surface area contributed by atoms with Gasteiger partial charge in [-0.1, -0.05) is 48.0 Å². The number of nitrogens with two attached hydrogens (primary N) is 1. The summed E-state index contributed by atoms with van der Waals surface area (Å²) in [6.07, 6.45) is 0.679. The van der Waals surface area contributed by atoms with Crippen LogP contribution in [-0.2, 0) is 47.9 Å². The lowest BCUT2D eigenvalue weighted by molar-refractivity contribution is -0.137. The fraction of sp³-hybridized carbons (Fsp3) is 0.756. The molecule has 22 nitrogen and oxygen atoms in total. The van der Waals surface area contributed by atoms with Crippen molar-refractivity contribution in [3.05, 3.63) is 0 Å². The summed E-state index contributed by atoms with van der Waals surface area (Å²) >= 11 is 0. The first-order chi connectivity index (χ1) is 29.4. The maximum Gasteiger partial charge on any atom is 0.305 e. The smallest absolute Gasteiger partial charge is 0.305 e. The van der Waals surface area contributed by atoms with Crippen LogP contribution in [0.5, 0.6) is 0 Å². The van der Waals surface area contributed by atoms with Gasteiger partial charge in [-0.3, -0.25) is 47.9 Å². The quantitative estimate of drug-likeness (QED) is 0.0341. The second-order valence-electron chi connectivity index (χ2n) is 16.7. The number of carboxylic acids is 1. The number of carboxylic acid groups (broad SMARTS) is 1. The molecule has 0 unspecified atom stereocenters. The van der Waals surface area contributed by atoms with Gasteiger partial charge in [0.15, 0.2) is 0 Å². The van der Waals surface area contributed by atoms with Gasteiger partial charge in [-0.2, -0.15) is 0 Å². The summed E-state index contributed by atoms with van der Waals surface area (Å²) in [5.74, 6) is -7.99. The number of carbonyl (C=O) groups excluding carboxylic acids is 9.